The van der Waals surface area contributed by atoms with Crippen LogP contribution in [0.15, 0.2) is 17.1 Å². The van der Waals surface area contributed by atoms with Gasteiger partial charge in [-0.2, -0.15) is 0 Å². The number of pyridine rings is 2. The molecule has 2 aromatic heterocycles. The predicted octanol–water partition coefficient (Wildman–Crippen LogP) is 3.56. The molecule has 1 atom stereocenters. The highest BCUT2D eigenvalue weighted by molar-refractivity contribution is 5.89. The van der Waals surface area contributed by atoms with Crippen molar-refractivity contribution in [1.82, 2.24) is 4.40 Å². The van der Waals surface area contributed by atoms with E-state index in [2.05, 4.69) is 11.8 Å². The zero-order valence-electron chi connectivity index (χ0n) is 15.1. The van der Waals surface area contributed by atoms with E-state index < -0.39 is 17.3 Å². The van der Waals surface area contributed by atoms with Crippen LogP contribution in [0.1, 0.15) is 60.0 Å². The number of nitrogens with zero attached hydrogens (tertiary/aromatic N) is 2. The molecule has 3 heterocycles. The van der Waals surface area contributed by atoms with E-state index in [1.165, 1.54) is 16.7 Å². The predicted molar refractivity (Wildman–Crippen MR) is 97.9 cm³/mol. The Hall–Kier alpha value is -2.37. The van der Waals surface area contributed by atoms with Crippen LogP contribution in [0.3, 0.4) is 0 Å². The first-order chi connectivity index (χ1) is 12.4. The van der Waals surface area contributed by atoms with E-state index in [4.69, 9.17) is 0 Å². The van der Waals surface area contributed by atoms with Crippen molar-refractivity contribution in [2.75, 3.05) is 18.0 Å². The van der Waals surface area contributed by atoms with E-state index in [1.807, 2.05) is 6.92 Å². The number of anilines is 1. The SMILES string of the molecule is Cc1c(N2CCCC(C)C2)c(F)cn2c(=O)c(C(=O)O)cc(C3CC3)c12. The van der Waals surface area contributed by atoms with Crippen molar-refractivity contribution in [2.45, 2.75) is 45.4 Å². The third-order valence-electron chi connectivity index (χ3n) is 5.66. The number of rotatable bonds is 3. The van der Waals surface area contributed by atoms with Crippen molar-refractivity contribution >= 4 is 17.2 Å². The van der Waals surface area contributed by atoms with Gasteiger partial charge in [-0.15, -0.1) is 0 Å². The fourth-order valence-electron chi connectivity index (χ4n) is 4.28. The third kappa shape index (κ3) is 2.68. The molecule has 0 amide bonds. The largest absolute Gasteiger partial charge is 0.477 e. The standard InChI is InChI=1S/C20H23FN2O3/c1-11-4-3-7-22(9-11)18-12(2)17-14(13-5-6-13)8-15(20(25)26)19(24)23(17)10-16(18)21/h8,10-11,13H,3-7,9H2,1-2H3,(H,25,26). The average Bonchev–Trinajstić information content (AvgIpc) is 3.40. The first kappa shape index (κ1) is 17.1. The van der Waals surface area contributed by atoms with Crippen LogP contribution in [-0.4, -0.2) is 28.6 Å². The molecule has 0 spiro atoms. The minimum absolute atomic E-state index is 0.251. The average molecular weight is 358 g/mol. The Morgan fingerprint density at radius 1 is 1.31 bits per heavy atom. The number of hydrogen-bond donors (Lipinski definition) is 1. The summed E-state index contributed by atoms with van der Waals surface area (Å²) in [7, 11) is 0. The lowest BCUT2D eigenvalue weighted by Crippen LogP contribution is -2.36. The van der Waals surface area contributed by atoms with Crippen LogP contribution in [0.4, 0.5) is 10.1 Å². The van der Waals surface area contributed by atoms with Gasteiger partial charge >= 0.3 is 5.97 Å². The fraction of sp³-hybridized carbons (Fsp3) is 0.500. The number of piperidine rings is 1. The number of aromatic carboxylic acids is 1. The van der Waals surface area contributed by atoms with Gasteiger partial charge in [0.2, 0.25) is 0 Å². The number of carboxylic acids is 1. The molecule has 4 rings (SSSR count). The molecule has 26 heavy (non-hydrogen) atoms. The van der Waals surface area contributed by atoms with Gasteiger partial charge in [0.25, 0.3) is 5.56 Å². The Morgan fingerprint density at radius 2 is 2.04 bits per heavy atom. The molecule has 1 saturated heterocycles. The monoisotopic (exact) mass is 358 g/mol. The maximum Gasteiger partial charge on any atom is 0.341 e. The van der Waals surface area contributed by atoms with E-state index in [1.54, 1.807) is 0 Å². The third-order valence-corrected chi connectivity index (χ3v) is 5.66. The quantitative estimate of drug-likeness (QED) is 0.911. The van der Waals surface area contributed by atoms with Gasteiger partial charge in [0.1, 0.15) is 5.56 Å². The lowest BCUT2D eigenvalue weighted by molar-refractivity contribution is 0.0694. The van der Waals surface area contributed by atoms with Crippen molar-refractivity contribution < 1.29 is 14.3 Å². The Bertz CT molecular complexity index is 962. The molecule has 2 aliphatic rings. The van der Waals surface area contributed by atoms with E-state index >= 15 is 4.39 Å². The number of aryl methyl sites for hydroxylation is 1. The van der Waals surface area contributed by atoms with Gasteiger partial charge < -0.3 is 10.0 Å². The molecule has 0 bridgehead atoms. The van der Waals surface area contributed by atoms with Crippen LogP contribution in [-0.2, 0) is 0 Å². The van der Waals surface area contributed by atoms with Crippen LogP contribution in [0.25, 0.3) is 5.52 Å². The molecule has 1 saturated carbocycles. The highest BCUT2D eigenvalue weighted by atomic mass is 19.1. The molecule has 0 radical (unpaired) electrons. The van der Waals surface area contributed by atoms with Crippen molar-refractivity contribution in [3.8, 4) is 0 Å². The summed E-state index contributed by atoms with van der Waals surface area (Å²) >= 11 is 0. The van der Waals surface area contributed by atoms with Gasteiger partial charge in [0.15, 0.2) is 5.82 Å². The molecule has 5 nitrogen and oxygen atoms in total. The normalized spacial score (nSPS) is 20.6. The molecular weight excluding hydrogens is 335 g/mol. The second kappa shape index (κ2) is 6.11. The van der Waals surface area contributed by atoms with E-state index in [-0.39, 0.29) is 11.5 Å². The van der Waals surface area contributed by atoms with Crippen molar-refractivity contribution in [3.63, 3.8) is 0 Å². The van der Waals surface area contributed by atoms with Gasteiger partial charge in [-0.1, -0.05) is 6.92 Å². The van der Waals surface area contributed by atoms with E-state index in [0.29, 0.717) is 17.1 Å². The maximum atomic E-state index is 15.0. The van der Waals surface area contributed by atoms with Gasteiger partial charge in [0, 0.05) is 13.1 Å². The minimum Gasteiger partial charge on any atom is -0.477 e. The van der Waals surface area contributed by atoms with Crippen LogP contribution in [0.5, 0.6) is 0 Å². The lowest BCUT2D eigenvalue weighted by atomic mass is 9.97. The molecule has 2 fully saturated rings. The summed E-state index contributed by atoms with van der Waals surface area (Å²) in [4.78, 5) is 26.2. The van der Waals surface area contributed by atoms with Crippen molar-refractivity contribution in [2.24, 2.45) is 5.92 Å². The summed E-state index contributed by atoms with van der Waals surface area (Å²) in [6, 6.07) is 1.51. The second-order valence-electron chi connectivity index (χ2n) is 7.76. The summed E-state index contributed by atoms with van der Waals surface area (Å²) in [6.07, 6.45) is 5.28. The number of aromatic nitrogens is 1. The summed E-state index contributed by atoms with van der Waals surface area (Å²) in [6.45, 7) is 5.61. The Kier molecular flexibility index (Phi) is 4.01. The van der Waals surface area contributed by atoms with Crippen LogP contribution >= 0.6 is 0 Å². The van der Waals surface area contributed by atoms with Gasteiger partial charge in [-0.3, -0.25) is 9.20 Å². The first-order valence-electron chi connectivity index (χ1n) is 9.25. The van der Waals surface area contributed by atoms with E-state index in [0.717, 1.165) is 49.9 Å². The molecule has 1 unspecified atom stereocenters. The highest BCUT2D eigenvalue weighted by Crippen LogP contribution is 2.44. The smallest absolute Gasteiger partial charge is 0.341 e. The Labute approximate surface area is 151 Å². The molecule has 1 N–H and O–H groups in total. The first-order valence-corrected chi connectivity index (χ1v) is 9.25. The number of carboxylic acid groups (broad SMARTS) is 1. The summed E-state index contributed by atoms with van der Waals surface area (Å²) in [5.41, 5.74) is 1.86. The number of halogens is 1. The number of fused-ring (bicyclic) bond motifs is 1. The molecule has 0 aromatic carbocycles. The van der Waals surface area contributed by atoms with Gasteiger partial charge in [0.05, 0.1) is 17.4 Å². The van der Waals surface area contributed by atoms with Crippen LogP contribution < -0.4 is 10.5 Å². The molecule has 1 aliphatic heterocycles. The van der Waals surface area contributed by atoms with Crippen molar-refractivity contribution in [3.05, 3.63) is 45.1 Å². The fourth-order valence-corrected chi connectivity index (χ4v) is 4.28. The summed E-state index contributed by atoms with van der Waals surface area (Å²) in [5, 5.41) is 9.36. The zero-order valence-corrected chi connectivity index (χ0v) is 15.1. The topological polar surface area (TPSA) is 62.0 Å². The minimum atomic E-state index is -1.27. The van der Waals surface area contributed by atoms with Crippen LogP contribution in [0, 0.1) is 18.7 Å². The Morgan fingerprint density at radius 3 is 2.65 bits per heavy atom. The second-order valence-corrected chi connectivity index (χ2v) is 7.76. The van der Waals surface area contributed by atoms with E-state index in [9.17, 15) is 14.7 Å². The molecule has 138 valence electrons. The maximum absolute atomic E-state index is 15.0. The van der Waals surface area contributed by atoms with Crippen LogP contribution in [0.2, 0.25) is 0 Å². The highest BCUT2D eigenvalue weighted by Gasteiger charge is 2.31. The number of carbonyl (C=O) groups is 1. The lowest BCUT2D eigenvalue weighted by Gasteiger charge is -2.34. The molecular formula is C20H23FN2O3. The summed E-state index contributed by atoms with van der Waals surface area (Å²) < 4.78 is 16.2. The molecule has 6 heteroatoms. The van der Waals surface area contributed by atoms with Gasteiger partial charge in [-0.05, 0) is 61.6 Å². The summed E-state index contributed by atoms with van der Waals surface area (Å²) in [5.74, 6) is -0.979. The Balaban J connectivity index is 2.00. The van der Waals surface area contributed by atoms with Gasteiger partial charge in [-0.25, -0.2) is 9.18 Å². The molecule has 2 aromatic rings. The molecule has 1 aliphatic carbocycles. The number of hydrogen-bond acceptors (Lipinski definition) is 3. The van der Waals surface area contributed by atoms with Crippen molar-refractivity contribution in [1.29, 1.82) is 0 Å². The zero-order chi connectivity index (χ0) is 18.6.